The first-order valence-electron chi connectivity index (χ1n) is 7.94. The summed E-state index contributed by atoms with van der Waals surface area (Å²) in [6, 6.07) is 6.08. The molecule has 1 N–H and O–H groups in total. The van der Waals surface area contributed by atoms with Gasteiger partial charge in [-0.1, -0.05) is 12.1 Å². The molecule has 10 heteroatoms. The van der Waals surface area contributed by atoms with Gasteiger partial charge in [0.15, 0.2) is 0 Å². The van der Waals surface area contributed by atoms with Crippen LogP contribution in [0.3, 0.4) is 0 Å². The predicted octanol–water partition coefficient (Wildman–Crippen LogP) is 0.306. The van der Waals surface area contributed by atoms with Crippen LogP contribution in [0, 0.1) is 10.1 Å². The summed E-state index contributed by atoms with van der Waals surface area (Å²) in [6.07, 6.45) is 0.417. The molecule has 1 aliphatic rings. The van der Waals surface area contributed by atoms with Gasteiger partial charge in [-0.15, -0.1) is 0 Å². The number of nitro benzene ring substituents is 1. The van der Waals surface area contributed by atoms with Gasteiger partial charge in [-0.25, -0.2) is 8.42 Å². The zero-order valence-electron chi connectivity index (χ0n) is 13.7. The monoisotopic (exact) mass is 371 g/mol. The Hall–Kier alpha value is -2.04. The zero-order valence-corrected chi connectivity index (χ0v) is 14.5. The summed E-state index contributed by atoms with van der Waals surface area (Å²) in [6.45, 7) is 1.74. The van der Waals surface area contributed by atoms with Gasteiger partial charge in [-0.3, -0.25) is 14.9 Å². The third-order valence-corrected chi connectivity index (χ3v) is 5.71. The van der Waals surface area contributed by atoms with Crippen molar-refractivity contribution in [1.29, 1.82) is 0 Å². The second-order valence-electron chi connectivity index (χ2n) is 5.60. The molecule has 1 aliphatic heterocycles. The van der Waals surface area contributed by atoms with Gasteiger partial charge >= 0.3 is 0 Å². The maximum atomic E-state index is 12.1. The van der Waals surface area contributed by atoms with Gasteiger partial charge in [0.1, 0.15) is 0 Å². The summed E-state index contributed by atoms with van der Waals surface area (Å²) < 4.78 is 30.7. The van der Waals surface area contributed by atoms with E-state index in [0.717, 1.165) is 5.56 Å². The molecule has 138 valence electrons. The van der Waals surface area contributed by atoms with Gasteiger partial charge in [-0.05, 0) is 12.0 Å². The molecule has 1 aromatic rings. The molecule has 9 nitrogen and oxygen atoms in total. The second kappa shape index (κ2) is 8.88. The number of rotatable bonds is 8. The third kappa shape index (κ3) is 6.07. The van der Waals surface area contributed by atoms with Crippen LogP contribution in [0.1, 0.15) is 12.0 Å². The molecule has 0 aliphatic carbocycles. The molecule has 0 bridgehead atoms. The smallest absolute Gasteiger partial charge is 0.269 e. The molecular formula is C15H21N3O6S. The molecule has 0 aromatic heterocycles. The number of nitrogens with zero attached hydrogens (tertiary/aromatic N) is 2. The van der Waals surface area contributed by atoms with E-state index in [1.54, 1.807) is 12.1 Å². The molecule has 2 rings (SSSR count). The van der Waals surface area contributed by atoms with Crippen molar-refractivity contribution in [3.8, 4) is 0 Å². The van der Waals surface area contributed by atoms with E-state index in [4.69, 9.17) is 4.74 Å². The van der Waals surface area contributed by atoms with Gasteiger partial charge in [0.05, 0.1) is 23.9 Å². The number of hydrogen-bond acceptors (Lipinski definition) is 6. The molecule has 1 amide bonds. The fraction of sp³-hybridized carbons (Fsp3) is 0.533. The number of amides is 1. The van der Waals surface area contributed by atoms with Crippen LogP contribution in [0.5, 0.6) is 0 Å². The maximum Gasteiger partial charge on any atom is 0.269 e. The minimum absolute atomic E-state index is 0.0149. The van der Waals surface area contributed by atoms with E-state index in [-0.39, 0.29) is 23.8 Å². The number of nitro groups is 1. The van der Waals surface area contributed by atoms with Crippen molar-refractivity contribution in [2.45, 2.75) is 12.8 Å². The van der Waals surface area contributed by atoms with Crippen LogP contribution < -0.4 is 5.32 Å². The second-order valence-corrected chi connectivity index (χ2v) is 7.69. The molecule has 1 heterocycles. The lowest BCUT2D eigenvalue weighted by Gasteiger charge is -2.25. The fourth-order valence-electron chi connectivity index (χ4n) is 2.39. The van der Waals surface area contributed by atoms with E-state index >= 15 is 0 Å². The van der Waals surface area contributed by atoms with Crippen molar-refractivity contribution < 1.29 is 22.9 Å². The molecule has 0 spiro atoms. The minimum Gasteiger partial charge on any atom is -0.379 e. The summed E-state index contributed by atoms with van der Waals surface area (Å²) in [5.41, 5.74) is 0.868. The highest BCUT2D eigenvalue weighted by Gasteiger charge is 2.24. The quantitative estimate of drug-likeness (QED) is 0.519. The Bertz CT molecular complexity index is 698. The van der Waals surface area contributed by atoms with Gasteiger partial charge in [0.25, 0.3) is 5.69 Å². The third-order valence-electron chi connectivity index (χ3n) is 3.83. The fourth-order valence-corrected chi connectivity index (χ4v) is 3.80. The molecule has 0 atom stereocenters. The van der Waals surface area contributed by atoms with Gasteiger partial charge < -0.3 is 10.1 Å². The van der Waals surface area contributed by atoms with E-state index in [9.17, 15) is 23.3 Å². The first-order valence-corrected chi connectivity index (χ1v) is 9.55. The standard InChI is InChI=1S/C15H21N3O6S/c19-15(6-12-25(22,23)17-8-10-24-11-9-17)16-7-5-13-1-3-14(4-2-13)18(20)21/h1-4H,5-12H2,(H,16,19). The Morgan fingerprint density at radius 3 is 2.48 bits per heavy atom. The molecule has 0 radical (unpaired) electrons. The van der Waals surface area contributed by atoms with Crippen LogP contribution in [-0.2, 0) is 26.0 Å². The molecule has 1 fully saturated rings. The van der Waals surface area contributed by atoms with Gasteiger partial charge in [-0.2, -0.15) is 4.31 Å². The van der Waals surface area contributed by atoms with Crippen molar-refractivity contribution in [2.75, 3.05) is 38.6 Å². The summed E-state index contributed by atoms with van der Waals surface area (Å²) in [7, 11) is -3.44. The summed E-state index contributed by atoms with van der Waals surface area (Å²) in [5, 5.41) is 13.2. The van der Waals surface area contributed by atoms with E-state index < -0.39 is 14.9 Å². The van der Waals surface area contributed by atoms with E-state index in [2.05, 4.69) is 5.32 Å². The van der Waals surface area contributed by atoms with Crippen LogP contribution >= 0.6 is 0 Å². The van der Waals surface area contributed by atoms with Crippen LogP contribution in [0.2, 0.25) is 0 Å². The number of ether oxygens (including phenoxy) is 1. The van der Waals surface area contributed by atoms with Crippen molar-refractivity contribution in [2.24, 2.45) is 0 Å². The maximum absolute atomic E-state index is 12.1. The SMILES string of the molecule is O=C(CCS(=O)(=O)N1CCOCC1)NCCc1ccc([N+](=O)[O-])cc1. The first-order chi connectivity index (χ1) is 11.9. The topological polar surface area (TPSA) is 119 Å². The average molecular weight is 371 g/mol. The number of sulfonamides is 1. The lowest BCUT2D eigenvalue weighted by atomic mass is 10.1. The zero-order chi connectivity index (χ0) is 18.3. The lowest BCUT2D eigenvalue weighted by Crippen LogP contribution is -2.42. The van der Waals surface area contributed by atoms with Crippen molar-refractivity contribution in [3.63, 3.8) is 0 Å². The molecule has 1 aromatic carbocycles. The number of carbonyl (C=O) groups excluding carboxylic acids is 1. The van der Waals surface area contributed by atoms with Crippen LogP contribution in [0.4, 0.5) is 5.69 Å². The van der Waals surface area contributed by atoms with Crippen molar-refractivity contribution in [1.82, 2.24) is 9.62 Å². The van der Waals surface area contributed by atoms with Crippen LogP contribution in [0.15, 0.2) is 24.3 Å². The van der Waals surface area contributed by atoms with Gasteiger partial charge in [0, 0.05) is 38.2 Å². The Kier molecular flexibility index (Phi) is 6.85. The summed E-state index contributed by atoms with van der Waals surface area (Å²) >= 11 is 0. The highest BCUT2D eigenvalue weighted by Crippen LogP contribution is 2.12. The van der Waals surface area contributed by atoms with Crippen LogP contribution in [0.25, 0.3) is 0 Å². The van der Waals surface area contributed by atoms with Crippen molar-refractivity contribution in [3.05, 3.63) is 39.9 Å². The first kappa shape index (κ1) is 19.3. The number of carbonyl (C=O) groups is 1. The highest BCUT2D eigenvalue weighted by atomic mass is 32.2. The van der Waals surface area contributed by atoms with Gasteiger partial charge in [0.2, 0.25) is 15.9 Å². The largest absolute Gasteiger partial charge is 0.379 e. The number of benzene rings is 1. The number of non-ortho nitro benzene ring substituents is 1. The van der Waals surface area contributed by atoms with Crippen LogP contribution in [-0.4, -0.2) is 62.2 Å². The Morgan fingerprint density at radius 1 is 1.24 bits per heavy atom. The Balaban J connectivity index is 1.70. The molecule has 1 saturated heterocycles. The van der Waals surface area contributed by atoms with Crippen molar-refractivity contribution >= 4 is 21.6 Å². The Labute approximate surface area is 146 Å². The Morgan fingerprint density at radius 2 is 1.88 bits per heavy atom. The number of hydrogen-bond donors (Lipinski definition) is 1. The molecule has 25 heavy (non-hydrogen) atoms. The molecule has 0 unspecified atom stereocenters. The number of morpholine rings is 1. The number of nitrogens with one attached hydrogen (secondary N) is 1. The normalized spacial score (nSPS) is 15.7. The summed E-state index contributed by atoms with van der Waals surface area (Å²) in [5.74, 6) is -0.560. The van der Waals surface area contributed by atoms with E-state index in [1.165, 1.54) is 16.4 Å². The minimum atomic E-state index is -3.44. The van der Waals surface area contributed by atoms with E-state index in [0.29, 0.717) is 39.3 Å². The average Bonchev–Trinajstić information content (AvgIpc) is 2.61. The lowest BCUT2D eigenvalue weighted by molar-refractivity contribution is -0.384. The molecule has 0 saturated carbocycles. The van der Waals surface area contributed by atoms with E-state index in [1.807, 2.05) is 0 Å². The molecular weight excluding hydrogens is 350 g/mol. The highest BCUT2D eigenvalue weighted by molar-refractivity contribution is 7.89. The predicted molar refractivity (Wildman–Crippen MR) is 90.6 cm³/mol. The summed E-state index contributed by atoms with van der Waals surface area (Å²) in [4.78, 5) is 21.9.